The van der Waals surface area contributed by atoms with Crippen LogP contribution in [0.2, 0.25) is 0 Å². The van der Waals surface area contributed by atoms with Crippen LogP contribution in [0.4, 0.5) is 22.7 Å². The molecule has 8 rings (SSSR count). The molecule has 1 saturated heterocycles. The highest BCUT2D eigenvalue weighted by molar-refractivity contribution is 7.99. The molecule has 1 atom stereocenters. The summed E-state index contributed by atoms with van der Waals surface area (Å²) in [4.78, 5) is 27.4. The Kier molecular flexibility index (Phi) is 14.8. The van der Waals surface area contributed by atoms with E-state index in [-0.39, 0.29) is 23.2 Å². The second-order valence-corrected chi connectivity index (χ2v) is 18.5. The summed E-state index contributed by atoms with van der Waals surface area (Å²) in [7, 11) is -4.22. The number of amides is 1. The number of amidine groups is 1. The number of benzene rings is 5. The van der Waals surface area contributed by atoms with Crippen molar-refractivity contribution in [3.63, 3.8) is 0 Å². The SMILES string of the molecule is CCC(OCNc1ccc(Oc2ccccc2)c(NC(=O)C(=Nc2ccc(N3CCOCC3)cc2C)C2=NC=C(c3ccccc3)S(=O)(=O)N2C2CCCCC2)c1)Oc1ccc(C)cc1C. The molecule has 1 saturated carbocycles. The first kappa shape index (κ1) is 46.1. The topological polar surface area (TPSA) is 143 Å². The number of nitrogens with one attached hydrogen (secondary N) is 2. The molecule has 14 heteroatoms. The number of aliphatic imine (C=N–C) groups is 2. The van der Waals surface area contributed by atoms with Crippen molar-refractivity contribution in [2.24, 2.45) is 9.98 Å². The van der Waals surface area contributed by atoms with Crippen LogP contribution in [0.3, 0.4) is 0 Å². The van der Waals surface area contributed by atoms with Gasteiger partial charge in [-0.05, 0) is 105 Å². The van der Waals surface area contributed by atoms with Gasteiger partial charge in [0.15, 0.2) is 17.3 Å². The fourth-order valence-electron chi connectivity index (χ4n) is 8.40. The van der Waals surface area contributed by atoms with E-state index in [1.807, 2.05) is 100 Å². The Hall–Kier alpha value is -6.48. The molecule has 5 aromatic rings. The van der Waals surface area contributed by atoms with E-state index in [0.717, 1.165) is 60.5 Å². The lowest BCUT2D eigenvalue weighted by atomic mass is 9.95. The van der Waals surface area contributed by atoms with E-state index in [2.05, 4.69) is 21.6 Å². The largest absolute Gasteiger partial charge is 0.465 e. The van der Waals surface area contributed by atoms with Crippen molar-refractivity contribution >= 4 is 55.1 Å². The number of anilines is 3. The normalized spacial score (nSPS) is 17.1. The molecule has 0 spiro atoms. The maximum absolute atomic E-state index is 15.2. The van der Waals surface area contributed by atoms with Crippen molar-refractivity contribution in [1.29, 1.82) is 0 Å². The molecule has 0 radical (unpaired) electrons. The second kappa shape index (κ2) is 21.2. The zero-order valence-electron chi connectivity index (χ0n) is 38.0. The van der Waals surface area contributed by atoms with E-state index in [0.29, 0.717) is 66.6 Å². The molecule has 2 heterocycles. The van der Waals surface area contributed by atoms with Gasteiger partial charge in [0, 0.05) is 36.9 Å². The lowest BCUT2D eigenvalue weighted by Crippen LogP contribution is -2.52. The van der Waals surface area contributed by atoms with Crippen LogP contribution >= 0.6 is 0 Å². The molecule has 13 nitrogen and oxygen atoms in total. The molecule has 1 unspecified atom stereocenters. The Bertz CT molecular complexity index is 2700. The van der Waals surface area contributed by atoms with Gasteiger partial charge >= 0.3 is 0 Å². The molecule has 66 heavy (non-hydrogen) atoms. The van der Waals surface area contributed by atoms with Crippen molar-refractivity contribution in [2.75, 3.05) is 48.6 Å². The molecule has 2 N–H and O–H groups in total. The lowest BCUT2D eigenvalue weighted by molar-refractivity contribution is -0.110. The quantitative estimate of drug-likeness (QED) is 0.0730. The van der Waals surface area contributed by atoms with Crippen molar-refractivity contribution in [2.45, 2.75) is 78.6 Å². The van der Waals surface area contributed by atoms with E-state index >= 15 is 4.79 Å². The molecule has 2 aliphatic heterocycles. The molecule has 0 aromatic heterocycles. The van der Waals surface area contributed by atoms with E-state index in [4.69, 9.17) is 28.9 Å². The first-order valence-electron chi connectivity index (χ1n) is 22.8. The molecule has 1 amide bonds. The van der Waals surface area contributed by atoms with Gasteiger partial charge in [0.2, 0.25) is 6.29 Å². The monoisotopic (exact) mass is 910 g/mol. The summed E-state index contributed by atoms with van der Waals surface area (Å²) in [5.74, 6) is 0.950. The van der Waals surface area contributed by atoms with Gasteiger partial charge in [0.25, 0.3) is 15.9 Å². The van der Waals surface area contributed by atoms with Crippen molar-refractivity contribution in [3.8, 4) is 17.2 Å². The Balaban J connectivity index is 1.17. The molecule has 2 fully saturated rings. The summed E-state index contributed by atoms with van der Waals surface area (Å²) in [6.07, 6.45) is 5.34. The summed E-state index contributed by atoms with van der Waals surface area (Å²) in [6.45, 7) is 10.9. The lowest BCUT2D eigenvalue weighted by Gasteiger charge is -2.37. The van der Waals surface area contributed by atoms with Gasteiger partial charge in [-0.3, -0.25) is 4.79 Å². The predicted molar refractivity (Wildman–Crippen MR) is 263 cm³/mol. The standard InChI is InChI=1S/C52H58N6O7S/c1-5-49(65-46-25-21-36(2)31-38(46)4)63-35-54-40-22-26-47(64-43-19-13-8-14-20-43)45(33-40)56-52(59)50(55-44-24-23-42(32-37(44)3)57-27-29-62-30-28-57)51-53-34-48(39-15-9-6-10-16-39)66(60,61)58(51)41-17-11-7-12-18-41/h6,8-10,13-16,19-26,31-34,41,49,54H,5,7,11-12,17-18,27-30,35H2,1-4H3,(H,56,59). The summed E-state index contributed by atoms with van der Waals surface area (Å²) in [5, 5.41) is 6.38. The molecule has 0 bridgehead atoms. The number of sulfonamides is 1. The van der Waals surface area contributed by atoms with Crippen LogP contribution < -0.4 is 25.0 Å². The number of aryl methyl sites for hydroxylation is 3. The summed E-state index contributed by atoms with van der Waals surface area (Å²) < 4.78 is 55.6. The molecule has 3 aliphatic rings. The number of hydrogen-bond acceptors (Lipinski definition) is 11. The van der Waals surface area contributed by atoms with Crippen LogP contribution in [0, 0.1) is 20.8 Å². The van der Waals surface area contributed by atoms with Gasteiger partial charge in [-0.15, -0.1) is 0 Å². The third-order valence-corrected chi connectivity index (χ3v) is 13.8. The fourth-order valence-corrected chi connectivity index (χ4v) is 10.2. The maximum Gasteiger partial charge on any atom is 0.278 e. The summed E-state index contributed by atoms with van der Waals surface area (Å²) >= 11 is 0. The number of nitrogens with zero attached hydrogens (tertiary/aromatic N) is 4. The zero-order valence-corrected chi connectivity index (χ0v) is 38.9. The van der Waals surface area contributed by atoms with Gasteiger partial charge < -0.3 is 34.5 Å². The third-order valence-electron chi connectivity index (χ3n) is 11.9. The van der Waals surface area contributed by atoms with Crippen molar-refractivity contribution in [1.82, 2.24) is 4.31 Å². The average molecular weight is 911 g/mol. The minimum atomic E-state index is -4.22. The van der Waals surface area contributed by atoms with Crippen molar-refractivity contribution < 1.29 is 32.2 Å². The van der Waals surface area contributed by atoms with E-state index in [1.165, 1.54) is 10.5 Å². The van der Waals surface area contributed by atoms with Crippen LogP contribution in [-0.2, 0) is 24.3 Å². The Labute approximate surface area is 388 Å². The van der Waals surface area contributed by atoms with Crippen LogP contribution in [-0.4, -0.2) is 75.5 Å². The first-order valence-corrected chi connectivity index (χ1v) is 24.2. The van der Waals surface area contributed by atoms with Crippen LogP contribution in [0.25, 0.3) is 4.91 Å². The molecular weight excluding hydrogens is 853 g/mol. The third kappa shape index (κ3) is 11.0. The minimum Gasteiger partial charge on any atom is -0.465 e. The van der Waals surface area contributed by atoms with E-state index in [9.17, 15) is 8.42 Å². The fraction of sp³-hybridized carbons (Fsp3) is 0.327. The number of ether oxygens (including phenoxy) is 4. The van der Waals surface area contributed by atoms with Gasteiger partial charge in [-0.1, -0.05) is 92.4 Å². The van der Waals surface area contributed by atoms with Crippen molar-refractivity contribution in [3.05, 3.63) is 144 Å². The van der Waals surface area contributed by atoms with Crippen LogP contribution in [0.5, 0.6) is 17.2 Å². The van der Waals surface area contributed by atoms with Crippen LogP contribution in [0.1, 0.15) is 67.7 Å². The number of para-hydroxylation sites is 1. The van der Waals surface area contributed by atoms with Gasteiger partial charge in [0.05, 0.1) is 30.8 Å². The highest BCUT2D eigenvalue weighted by atomic mass is 32.2. The highest BCUT2D eigenvalue weighted by Crippen LogP contribution is 2.37. The van der Waals surface area contributed by atoms with E-state index < -0.39 is 28.3 Å². The number of carbonyl (C=O) groups excluding carboxylic acids is 1. The minimum absolute atomic E-state index is 0.0432. The van der Waals surface area contributed by atoms with Gasteiger partial charge in [0.1, 0.15) is 23.1 Å². The number of hydrogen-bond donors (Lipinski definition) is 2. The Morgan fingerprint density at radius 1 is 0.848 bits per heavy atom. The van der Waals surface area contributed by atoms with Gasteiger partial charge in [-0.2, -0.15) is 0 Å². The molecular formula is C52H58N6O7S. The second-order valence-electron chi connectivity index (χ2n) is 16.7. The van der Waals surface area contributed by atoms with Gasteiger partial charge in [-0.25, -0.2) is 22.7 Å². The molecule has 344 valence electrons. The summed E-state index contributed by atoms with van der Waals surface area (Å²) in [5.41, 5.74) is 5.77. The van der Waals surface area contributed by atoms with Crippen LogP contribution in [0.15, 0.2) is 131 Å². The zero-order chi connectivity index (χ0) is 46.0. The van der Waals surface area contributed by atoms with E-state index in [1.54, 1.807) is 36.4 Å². The molecule has 1 aliphatic carbocycles. The average Bonchev–Trinajstić information content (AvgIpc) is 3.33. The first-order chi connectivity index (χ1) is 32.1. The molecule has 5 aromatic carbocycles. The highest BCUT2D eigenvalue weighted by Gasteiger charge is 2.42. The predicted octanol–water partition coefficient (Wildman–Crippen LogP) is 10.5. The number of rotatable bonds is 16. The Morgan fingerprint density at radius 3 is 2.29 bits per heavy atom. The Morgan fingerprint density at radius 2 is 1.58 bits per heavy atom. The number of morpholine rings is 1. The summed E-state index contributed by atoms with van der Waals surface area (Å²) in [6, 6.07) is 35.0. The smallest absolute Gasteiger partial charge is 0.278 e. The number of carbonyl (C=O) groups is 1. The maximum atomic E-state index is 15.2.